The van der Waals surface area contributed by atoms with E-state index in [9.17, 15) is 4.79 Å². The fraction of sp³-hybridized carbons (Fsp3) is 0.192. The summed E-state index contributed by atoms with van der Waals surface area (Å²) >= 11 is 0. The van der Waals surface area contributed by atoms with Gasteiger partial charge in [0.05, 0.1) is 7.11 Å². The number of carboxylic acid groups (broad SMARTS) is 1. The summed E-state index contributed by atoms with van der Waals surface area (Å²) in [5.74, 6) is 0.235. The number of nitriles is 1. The molecule has 0 spiro atoms. The highest BCUT2D eigenvalue weighted by molar-refractivity contribution is 5.94. The number of hydrogen-bond donors (Lipinski definition) is 4. The molecule has 0 bridgehead atoms. The molecule has 1 unspecified atom stereocenters. The third-order valence-corrected chi connectivity index (χ3v) is 5.26. The van der Waals surface area contributed by atoms with Crippen LogP contribution in [0.1, 0.15) is 35.4 Å². The summed E-state index contributed by atoms with van der Waals surface area (Å²) in [6.45, 7) is 0.959. The van der Waals surface area contributed by atoms with Crippen molar-refractivity contribution >= 4 is 11.8 Å². The quantitative estimate of drug-likeness (QED) is 0.183. The topological polar surface area (TPSA) is 206 Å². The summed E-state index contributed by atoms with van der Waals surface area (Å²) in [6.07, 6.45) is 3.50. The Labute approximate surface area is 223 Å². The first-order valence-corrected chi connectivity index (χ1v) is 11.5. The molecule has 1 atom stereocenters. The Morgan fingerprint density at radius 1 is 1.21 bits per heavy atom. The van der Waals surface area contributed by atoms with Gasteiger partial charge >= 0.3 is 5.69 Å². The van der Waals surface area contributed by atoms with E-state index in [0.29, 0.717) is 29.3 Å². The Morgan fingerprint density at radius 3 is 2.44 bits per heavy atom. The van der Waals surface area contributed by atoms with Crippen LogP contribution >= 0.6 is 0 Å². The molecule has 2 heterocycles. The van der Waals surface area contributed by atoms with E-state index in [2.05, 4.69) is 20.1 Å². The van der Waals surface area contributed by atoms with E-state index in [1.54, 1.807) is 30.3 Å². The molecule has 0 aliphatic carbocycles. The van der Waals surface area contributed by atoms with Crippen molar-refractivity contribution in [3.05, 3.63) is 93.9 Å². The van der Waals surface area contributed by atoms with Gasteiger partial charge < -0.3 is 20.3 Å². The number of nitrogens with two attached hydrogens (primary N) is 1. The van der Waals surface area contributed by atoms with Crippen molar-refractivity contribution in [2.24, 2.45) is 5.73 Å². The molecule has 4 aromatic rings. The van der Waals surface area contributed by atoms with Crippen LogP contribution in [0.3, 0.4) is 0 Å². The highest BCUT2D eigenvalue weighted by Gasteiger charge is 2.23. The second-order valence-electron chi connectivity index (χ2n) is 8.05. The lowest BCUT2D eigenvalue weighted by Crippen LogP contribution is -2.18. The number of methoxy groups -OCH3 is 1. The van der Waals surface area contributed by atoms with Gasteiger partial charge in [-0.2, -0.15) is 5.26 Å². The van der Waals surface area contributed by atoms with Crippen LogP contribution in [0.2, 0.25) is 0 Å². The highest BCUT2D eigenvalue weighted by atomic mass is 16.5. The number of nitrogens with one attached hydrogen (secondary N) is 2. The number of carboxylic acids is 1. The van der Waals surface area contributed by atoms with Crippen LogP contribution in [-0.4, -0.2) is 55.4 Å². The molecule has 2 aromatic carbocycles. The average molecular weight is 531 g/mol. The van der Waals surface area contributed by atoms with Crippen molar-refractivity contribution < 1.29 is 19.4 Å². The molecule has 39 heavy (non-hydrogen) atoms. The molecule has 13 nitrogen and oxygen atoms in total. The molecule has 0 aliphatic heterocycles. The van der Waals surface area contributed by atoms with Crippen molar-refractivity contribution in [1.29, 1.82) is 10.7 Å². The van der Waals surface area contributed by atoms with Crippen molar-refractivity contribution in [3.63, 3.8) is 0 Å². The van der Waals surface area contributed by atoms with E-state index in [1.165, 1.54) is 19.5 Å². The van der Waals surface area contributed by atoms with Gasteiger partial charge in [0, 0.05) is 36.9 Å². The molecule has 0 amide bonds. The number of nitrogen functional groups attached to an aromatic ring is 1. The number of hydrogen-bond acceptors (Lipinski definition) is 9. The fourth-order valence-corrected chi connectivity index (χ4v) is 3.57. The maximum atomic E-state index is 12.7. The monoisotopic (exact) mass is 530 g/mol. The number of aliphatic carboxylic acids is 1. The molecule has 0 aliphatic rings. The first-order chi connectivity index (χ1) is 18.7. The van der Waals surface area contributed by atoms with Crippen molar-refractivity contribution in [3.8, 4) is 23.5 Å². The molecule has 0 saturated heterocycles. The van der Waals surface area contributed by atoms with Crippen LogP contribution in [0.5, 0.6) is 11.5 Å². The standard InChI is InChI=1S/C24H22N8O3.C2H4O2/c1-34-18-12-17(13-19(14-18)35-10-7-25)20(11-15-3-5-16(6-4-15)21(26)27)22-30-24(33)32(31-22)23-28-8-2-9-29-23;1-2(3)4/h2-6,8-9,12-14,20H,10-11H2,1H3,(H3,26,27)(H,30,31,33);1H3,(H,3,4). The number of aromatic amines is 1. The van der Waals surface area contributed by atoms with Gasteiger partial charge in [-0.1, -0.05) is 24.3 Å². The van der Waals surface area contributed by atoms with E-state index in [1.807, 2.05) is 24.3 Å². The predicted molar refractivity (Wildman–Crippen MR) is 140 cm³/mol. The molecule has 13 heteroatoms. The summed E-state index contributed by atoms with van der Waals surface area (Å²) in [5, 5.41) is 28.4. The van der Waals surface area contributed by atoms with Gasteiger partial charge in [-0.05, 0) is 35.7 Å². The minimum Gasteiger partial charge on any atom is -0.497 e. The molecular formula is C26H26N8O5. The maximum absolute atomic E-state index is 12.7. The minimum atomic E-state index is -0.833. The van der Waals surface area contributed by atoms with Crippen molar-refractivity contribution in [2.75, 3.05) is 13.7 Å². The number of rotatable bonds is 9. The number of amidine groups is 1. The van der Waals surface area contributed by atoms with Crippen LogP contribution in [0.15, 0.2) is 65.7 Å². The van der Waals surface area contributed by atoms with Gasteiger partial charge in [0.1, 0.15) is 29.2 Å². The minimum absolute atomic E-state index is 0.0221. The first kappa shape index (κ1) is 28.1. The third-order valence-electron chi connectivity index (χ3n) is 5.26. The molecule has 0 fully saturated rings. The number of H-pyrrole nitrogens is 1. The third kappa shape index (κ3) is 7.73. The zero-order valence-corrected chi connectivity index (χ0v) is 21.2. The number of ether oxygens (including phenoxy) is 2. The SMILES string of the molecule is CC(=O)O.COc1cc(OCC#N)cc(C(Cc2ccc(C(=N)N)cc2)c2nn(-c3ncccn3)c(=O)[nH]2)c1. The lowest BCUT2D eigenvalue weighted by Gasteiger charge is -2.17. The van der Waals surface area contributed by atoms with Crippen LogP contribution in [0.25, 0.3) is 5.95 Å². The Bertz CT molecular complexity index is 1520. The largest absolute Gasteiger partial charge is 0.497 e. The van der Waals surface area contributed by atoms with Crippen LogP contribution < -0.4 is 20.9 Å². The van der Waals surface area contributed by atoms with Crippen LogP contribution in [0, 0.1) is 16.7 Å². The smallest absolute Gasteiger partial charge is 0.350 e. The Morgan fingerprint density at radius 2 is 1.85 bits per heavy atom. The first-order valence-electron chi connectivity index (χ1n) is 11.5. The summed E-state index contributed by atoms with van der Waals surface area (Å²) < 4.78 is 12.1. The molecule has 0 radical (unpaired) electrons. The van der Waals surface area contributed by atoms with Gasteiger partial charge in [0.25, 0.3) is 11.9 Å². The van der Waals surface area contributed by atoms with Crippen LogP contribution in [0.4, 0.5) is 0 Å². The number of benzene rings is 2. The zero-order chi connectivity index (χ0) is 28.4. The predicted octanol–water partition coefficient (Wildman–Crippen LogP) is 2.01. The summed E-state index contributed by atoms with van der Waals surface area (Å²) in [4.78, 5) is 32.8. The van der Waals surface area contributed by atoms with E-state index in [4.69, 9.17) is 35.8 Å². The Balaban J connectivity index is 0.000000983. The number of nitrogens with zero attached hydrogens (tertiary/aromatic N) is 5. The van der Waals surface area contributed by atoms with Crippen molar-refractivity contribution in [1.82, 2.24) is 24.7 Å². The van der Waals surface area contributed by atoms with Gasteiger partial charge in [-0.15, -0.1) is 9.78 Å². The second-order valence-corrected chi connectivity index (χ2v) is 8.05. The van der Waals surface area contributed by atoms with Gasteiger partial charge in [0.2, 0.25) is 0 Å². The average Bonchev–Trinajstić information content (AvgIpc) is 3.31. The Kier molecular flexibility index (Phi) is 9.47. The van der Waals surface area contributed by atoms with E-state index in [-0.39, 0.29) is 18.4 Å². The molecular weight excluding hydrogens is 504 g/mol. The van der Waals surface area contributed by atoms with Gasteiger partial charge in [-0.3, -0.25) is 15.2 Å². The molecule has 4 rings (SSSR count). The Hall–Kier alpha value is -5.51. The van der Waals surface area contributed by atoms with Gasteiger partial charge in [-0.25, -0.2) is 14.8 Å². The fourth-order valence-electron chi connectivity index (χ4n) is 3.57. The number of carbonyl (C=O) groups is 1. The summed E-state index contributed by atoms with van der Waals surface area (Å²) in [7, 11) is 1.53. The lowest BCUT2D eigenvalue weighted by molar-refractivity contribution is -0.134. The lowest BCUT2D eigenvalue weighted by atomic mass is 9.90. The van der Waals surface area contributed by atoms with Gasteiger partial charge in [0.15, 0.2) is 6.61 Å². The van der Waals surface area contributed by atoms with Crippen molar-refractivity contribution in [2.45, 2.75) is 19.3 Å². The van der Waals surface area contributed by atoms with E-state index < -0.39 is 17.6 Å². The van der Waals surface area contributed by atoms with E-state index in [0.717, 1.165) is 22.7 Å². The number of aromatic nitrogens is 5. The molecule has 2 aromatic heterocycles. The second kappa shape index (κ2) is 13.2. The van der Waals surface area contributed by atoms with Crippen LogP contribution in [-0.2, 0) is 11.2 Å². The summed E-state index contributed by atoms with van der Waals surface area (Å²) in [6, 6.07) is 16.1. The normalized spacial score (nSPS) is 10.9. The molecule has 5 N–H and O–H groups in total. The zero-order valence-electron chi connectivity index (χ0n) is 21.2. The van der Waals surface area contributed by atoms with E-state index >= 15 is 0 Å². The highest BCUT2D eigenvalue weighted by Crippen LogP contribution is 2.32. The summed E-state index contributed by atoms with van der Waals surface area (Å²) in [5.41, 5.74) is 7.39. The molecule has 0 saturated carbocycles. The molecule has 200 valence electrons. The maximum Gasteiger partial charge on any atom is 0.350 e.